The zero-order valence-electron chi connectivity index (χ0n) is 16.9. The number of nitrogens with one attached hydrogen (secondary N) is 1. The van der Waals surface area contributed by atoms with Gasteiger partial charge in [0.1, 0.15) is 23.5 Å². The highest BCUT2D eigenvalue weighted by Crippen LogP contribution is 2.25. The Kier molecular flexibility index (Phi) is 5.89. The summed E-state index contributed by atoms with van der Waals surface area (Å²) in [5.41, 5.74) is 2.62. The first-order valence-electron chi connectivity index (χ1n) is 9.79. The molecule has 0 amide bonds. The van der Waals surface area contributed by atoms with Gasteiger partial charge in [0.15, 0.2) is 11.6 Å². The maximum atomic E-state index is 13.2. The van der Waals surface area contributed by atoms with Crippen LogP contribution in [0.4, 0.5) is 14.6 Å². The fourth-order valence-electron chi connectivity index (χ4n) is 3.41. The molecule has 0 aliphatic carbocycles. The third kappa shape index (κ3) is 4.73. The van der Waals surface area contributed by atoms with Crippen LogP contribution in [0.25, 0.3) is 0 Å². The second kappa shape index (κ2) is 8.74. The van der Waals surface area contributed by atoms with Gasteiger partial charge in [-0.2, -0.15) is 5.10 Å². The molecule has 1 N–H and O–H groups in total. The van der Waals surface area contributed by atoms with Gasteiger partial charge in [-0.1, -0.05) is 0 Å². The van der Waals surface area contributed by atoms with Gasteiger partial charge in [0.05, 0.1) is 25.5 Å². The van der Waals surface area contributed by atoms with E-state index in [1.54, 1.807) is 0 Å². The molecule has 1 atom stereocenters. The molecule has 0 spiro atoms. The molecule has 3 heterocycles. The van der Waals surface area contributed by atoms with Gasteiger partial charge in [-0.05, 0) is 32.0 Å². The highest BCUT2D eigenvalue weighted by atomic mass is 19.2. The van der Waals surface area contributed by atoms with Gasteiger partial charge < -0.3 is 14.4 Å². The van der Waals surface area contributed by atoms with Crippen molar-refractivity contribution in [2.24, 2.45) is 0 Å². The summed E-state index contributed by atoms with van der Waals surface area (Å²) in [6.45, 7) is 6.13. The summed E-state index contributed by atoms with van der Waals surface area (Å²) < 4.78 is 37.6. The SMILES string of the molecule is Cc1cc(N2CCO[C@@H](c3cc(CCOc4ccc(F)c(F)c4)[nH]n3)C2)nc(C)n1. The van der Waals surface area contributed by atoms with Crippen molar-refractivity contribution >= 4 is 5.82 Å². The summed E-state index contributed by atoms with van der Waals surface area (Å²) in [6.07, 6.45) is 0.374. The molecule has 3 aromatic rings. The lowest BCUT2D eigenvalue weighted by Gasteiger charge is -2.33. The van der Waals surface area contributed by atoms with Crippen LogP contribution in [0.15, 0.2) is 30.3 Å². The van der Waals surface area contributed by atoms with E-state index in [9.17, 15) is 8.78 Å². The second-order valence-corrected chi connectivity index (χ2v) is 7.21. The lowest BCUT2D eigenvalue weighted by atomic mass is 10.2. The Balaban J connectivity index is 1.35. The monoisotopic (exact) mass is 415 g/mol. The first-order valence-corrected chi connectivity index (χ1v) is 9.79. The Labute approximate surface area is 173 Å². The molecule has 1 aliphatic heterocycles. The van der Waals surface area contributed by atoms with Crippen molar-refractivity contribution in [1.82, 2.24) is 20.2 Å². The molecule has 9 heteroatoms. The van der Waals surface area contributed by atoms with Crippen molar-refractivity contribution in [2.45, 2.75) is 26.4 Å². The van der Waals surface area contributed by atoms with Crippen molar-refractivity contribution in [3.05, 3.63) is 64.9 Å². The van der Waals surface area contributed by atoms with E-state index in [0.717, 1.165) is 47.4 Å². The molecule has 0 unspecified atom stereocenters. The van der Waals surface area contributed by atoms with Crippen molar-refractivity contribution < 1.29 is 18.3 Å². The number of aromatic nitrogens is 4. The van der Waals surface area contributed by atoms with E-state index in [0.29, 0.717) is 26.2 Å². The van der Waals surface area contributed by atoms with Crippen molar-refractivity contribution in [3.8, 4) is 5.75 Å². The number of ether oxygens (including phenoxy) is 2. The normalized spacial score (nSPS) is 16.7. The van der Waals surface area contributed by atoms with Gasteiger partial charge in [-0.15, -0.1) is 0 Å². The van der Waals surface area contributed by atoms with Crippen LogP contribution in [0.1, 0.15) is 29.0 Å². The maximum Gasteiger partial charge on any atom is 0.162 e. The fourth-order valence-corrected chi connectivity index (χ4v) is 3.41. The van der Waals surface area contributed by atoms with Crippen LogP contribution < -0.4 is 9.64 Å². The van der Waals surface area contributed by atoms with Gasteiger partial charge in [-0.25, -0.2) is 18.7 Å². The summed E-state index contributed by atoms with van der Waals surface area (Å²) in [5.74, 6) is 0.106. The molecule has 4 rings (SSSR count). The first kappa shape index (κ1) is 20.2. The number of aryl methyl sites for hydroxylation is 2. The quantitative estimate of drug-likeness (QED) is 0.666. The summed E-state index contributed by atoms with van der Waals surface area (Å²) in [5, 5.41) is 7.37. The third-order valence-corrected chi connectivity index (χ3v) is 4.85. The largest absolute Gasteiger partial charge is 0.493 e. The third-order valence-electron chi connectivity index (χ3n) is 4.85. The van der Waals surface area contributed by atoms with Crippen LogP contribution in [0.2, 0.25) is 0 Å². The number of morpholine rings is 1. The van der Waals surface area contributed by atoms with E-state index in [1.807, 2.05) is 26.0 Å². The van der Waals surface area contributed by atoms with Crippen LogP contribution in [0.3, 0.4) is 0 Å². The Morgan fingerprint density at radius 3 is 2.83 bits per heavy atom. The highest BCUT2D eigenvalue weighted by molar-refractivity contribution is 5.40. The van der Waals surface area contributed by atoms with E-state index in [4.69, 9.17) is 9.47 Å². The number of H-pyrrole nitrogens is 1. The average molecular weight is 415 g/mol. The van der Waals surface area contributed by atoms with Crippen LogP contribution in [-0.2, 0) is 11.2 Å². The zero-order chi connectivity index (χ0) is 21.1. The van der Waals surface area contributed by atoms with Crippen LogP contribution in [-0.4, -0.2) is 46.5 Å². The number of nitrogens with zero attached hydrogens (tertiary/aromatic N) is 4. The van der Waals surface area contributed by atoms with E-state index in [2.05, 4.69) is 25.1 Å². The number of hydrogen-bond acceptors (Lipinski definition) is 6. The lowest BCUT2D eigenvalue weighted by Crippen LogP contribution is -2.39. The molecule has 30 heavy (non-hydrogen) atoms. The topological polar surface area (TPSA) is 76.2 Å². The van der Waals surface area contributed by atoms with Crippen LogP contribution in [0.5, 0.6) is 5.75 Å². The van der Waals surface area contributed by atoms with Crippen molar-refractivity contribution in [3.63, 3.8) is 0 Å². The summed E-state index contributed by atoms with van der Waals surface area (Å²) in [7, 11) is 0. The van der Waals surface area contributed by atoms with E-state index >= 15 is 0 Å². The van der Waals surface area contributed by atoms with Crippen LogP contribution in [0, 0.1) is 25.5 Å². The number of halogens is 2. The number of rotatable bonds is 6. The number of benzene rings is 1. The molecule has 1 aromatic carbocycles. The molecule has 2 aromatic heterocycles. The van der Waals surface area contributed by atoms with Crippen LogP contribution >= 0.6 is 0 Å². The van der Waals surface area contributed by atoms with Gasteiger partial charge in [0.2, 0.25) is 0 Å². The predicted molar refractivity (Wildman–Crippen MR) is 107 cm³/mol. The summed E-state index contributed by atoms with van der Waals surface area (Å²) in [4.78, 5) is 11.0. The molecular formula is C21H23F2N5O2. The Bertz CT molecular complexity index is 1010. The number of hydrogen-bond donors (Lipinski definition) is 1. The molecular weight excluding hydrogens is 392 g/mol. The fraction of sp³-hybridized carbons (Fsp3) is 0.381. The molecule has 158 valence electrons. The van der Waals surface area contributed by atoms with Gasteiger partial charge >= 0.3 is 0 Å². The Morgan fingerprint density at radius 2 is 2.03 bits per heavy atom. The summed E-state index contributed by atoms with van der Waals surface area (Å²) in [6, 6.07) is 7.40. The standard InChI is InChI=1S/C21H23F2N5O2/c1-13-9-21(25-14(2)24-13)28-6-8-30-20(12-28)19-10-15(26-27-19)5-7-29-16-3-4-17(22)18(23)11-16/h3-4,9-11,20H,5-8,12H2,1-2H3,(H,26,27)/t20-/m1/s1. The minimum absolute atomic E-state index is 0.175. The van der Waals surface area contributed by atoms with Crippen molar-refractivity contribution in [1.29, 1.82) is 0 Å². The van der Waals surface area contributed by atoms with Crippen molar-refractivity contribution in [2.75, 3.05) is 31.2 Å². The van der Waals surface area contributed by atoms with Gasteiger partial charge in [-0.3, -0.25) is 5.10 Å². The number of aromatic amines is 1. The van der Waals surface area contributed by atoms with Gasteiger partial charge in [0, 0.05) is 36.5 Å². The Morgan fingerprint density at radius 1 is 1.17 bits per heavy atom. The smallest absolute Gasteiger partial charge is 0.162 e. The zero-order valence-corrected chi connectivity index (χ0v) is 16.9. The average Bonchev–Trinajstić information content (AvgIpc) is 3.19. The predicted octanol–water partition coefficient (Wildman–Crippen LogP) is 3.29. The van der Waals surface area contributed by atoms with Gasteiger partial charge in [0.25, 0.3) is 0 Å². The lowest BCUT2D eigenvalue weighted by molar-refractivity contribution is 0.0367. The molecule has 0 bridgehead atoms. The molecule has 7 nitrogen and oxygen atoms in total. The molecule has 1 aliphatic rings. The maximum absolute atomic E-state index is 13.2. The molecule has 0 radical (unpaired) electrons. The minimum Gasteiger partial charge on any atom is -0.493 e. The number of anilines is 1. The van der Waals surface area contributed by atoms with E-state index in [-0.39, 0.29) is 11.9 Å². The minimum atomic E-state index is -0.926. The van der Waals surface area contributed by atoms with E-state index < -0.39 is 11.6 Å². The molecule has 1 saturated heterocycles. The van der Waals surface area contributed by atoms with E-state index in [1.165, 1.54) is 6.07 Å². The first-order chi connectivity index (χ1) is 14.5. The Hall–Kier alpha value is -3.07. The molecule has 0 saturated carbocycles. The molecule has 1 fully saturated rings. The summed E-state index contributed by atoms with van der Waals surface area (Å²) >= 11 is 0. The highest BCUT2D eigenvalue weighted by Gasteiger charge is 2.25. The second-order valence-electron chi connectivity index (χ2n) is 7.21.